The van der Waals surface area contributed by atoms with Crippen LogP contribution in [0.2, 0.25) is 0 Å². The van der Waals surface area contributed by atoms with Crippen LogP contribution < -0.4 is 5.32 Å². The molecule has 5 atom stereocenters. The van der Waals surface area contributed by atoms with E-state index in [9.17, 15) is 28.2 Å². The van der Waals surface area contributed by atoms with Crippen LogP contribution in [0, 0.1) is 0 Å². The molecule has 2 saturated heterocycles. The molecule has 5 rings (SSSR count). The lowest BCUT2D eigenvalue weighted by atomic mass is 9.84. The van der Waals surface area contributed by atoms with Crippen molar-refractivity contribution in [1.82, 2.24) is 10.2 Å². The summed E-state index contributed by atoms with van der Waals surface area (Å²) in [5.41, 5.74) is -0.224. The molecule has 2 amide bonds. The van der Waals surface area contributed by atoms with Gasteiger partial charge in [-0.25, -0.2) is 9.59 Å². The summed E-state index contributed by atoms with van der Waals surface area (Å²) < 4.78 is 30.6. The third-order valence-corrected chi connectivity index (χ3v) is 9.84. The fraction of sp³-hybridized carbons (Fsp3) is 0.286. The third kappa shape index (κ3) is 7.02. The molecule has 1 unspecified atom stereocenters. The lowest BCUT2D eigenvalue weighted by molar-refractivity contribution is -0.191. The summed E-state index contributed by atoms with van der Waals surface area (Å²) in [5, 5.41) is 1.52. The number of hydrogen-bond acceptors (Lipinski definition) is 9. The Bertz CT molecular complexity index is 1660. The second kappa shape index (κ2) is 14.1. The molecule has 0 spiro atoms. The lowest BCUT2D eigenvalue weighted by Crippen LogP contribution is -2.82. The van der Waals surface area contributed by atoms with Crippen LogP contribution in [0.15, 0.2) is 103 Å². The van der Waals surface area contributed by atoms with E-state index in [1.165, 1.54) is 0 Å². The van der Waals surface area contributed by atoms with Crippen LogP contribution in [0.3, 0.4) is 0 Å². The first-order valence-corrected chi connectivity index (χ1v) is 16.2. The van der Waals surface area contributed by atoms with Crippen LogP contribution in [0.1, 0.15) is 36.1 Å². The fourth-order valence-electron chi connectivity index (χ4n) is 6.06. The van der Waals surface area contributed by atoms with Gasteiger partial charge in [0.1, 0.15) is 11.4 Å². The van der Waals surface area contributed by atoms with Crippen molar-refractivity contribution in [3.63, 3.8) is 0 Å². The van der Waals surface area contributed by atoms with Crippen molar-refractivity contribution in [2.24, 2.45) is 0 Å². The Balaban J connectivity index is 1.53. The summed E-state index contributed by atoms with van der Waals surface area (Å²) in [5.74, 6) is -4.31. The number of fused-ring (bicyclic) bond motifs is 1. The second-order valence-corrected chi connectivity index (χ2v) is 12.9. The zero-order chi connectivity index (χ0) is 33.7. The number of carbonyl (C=O) groups excluding carboxylic acids is 5. The summed E-state index contributed by atoms with van der Waals surface area (Å²) in [6, 6.07) is 23.9. The number of nitrogens with zero attached hydrogens (tertiary/aromatic N) is 1. The zero-order valence-electron chi connectivity index (χ0n) is 25.8. The number of ether oxygens (including phenoxy) is 3. The van der Waals surface area contributed by atoms with Crippen molar-refractivity contribution < 1.29 is 42.4 Å². The molecule has 0 aliphatic carbocycles. The molecular weight excluding hydrogens is 624 g/mol. The summed E-state index contributed by atoms with van der Waals surface area (Å²) in [6.45, 7) is 4.84. The Morgan fingerprint density at radius 1 is 0.957 bits per heavy atom. The molecule has 0 saturated carbocycles. The number of benzene rings is 3. The third-order valence-electron chi connectivity index (χ3n) is 8.03. The highest BCUT2D eigenvalue weighted by molar-refractivity contribution is 7.86. The highest BCUT2D eigenvalue weighted by atomic mass is 32.2. The smallest absolute Gasteiger partial charge is 0.334 e. The molecule has 2 aliphatic rings. The Kier molecular flexibility index (Phi) is 10.00. The van der Waals surface area contributed by atoms with Crippen LogP contribution in [-0.2, 0) is 55.4 Å². The molecular formula is C35H34N2O9S. The van der Waals surface area contributed by atoms with Crippen LogP contribution >= 0.6 is 0 Å². The minimum atomic E-state index is -2.01. The summed E-state index contributed by atoms with van der Waals surface area (Å²) in [4.78, 5) is 67.3. The van der Waals surface area contributed by atoms with Gasteiger partial charge >= 0.3 is 17.9 Å². The first kappa shape index (κ1) is 33.3. The van der Waals surface area contributed by atoms with E-state index in [1.54, 1.807) is 72.8 Å². The van der Waals surface area contributed by atoms with E-state index >= 15 is 0 Å². The normalized spacial score (nSPS) is 23.1. The molecule has 2 fully saturated rings. The van der Waals surface area contributed by atoms with E-state index in [2.05, 4.69) is 11.9 Å². The van der Waals surface area contributed by atoms with Gasteiger partial charge < -0.3 is 24.4 Å². The number of nitrogens with one attached hydrogen (secondary N) is 1. The first-order valence-electron chi connectivity index (χ1n) is 14.8. The average Bonchev–Trinajstić information content (AvgIpc) is 3.06. The molecule has 11 nitrogen and oxygen atoms in total. The van der Waals surface area contributed by atoms with Crippen molar-refractivity contribution in [2.45, 2.75) is 48.9 Å². The summed E-state index contributed by atoms with van der Waals surface area (Å²) in [6.07, 6.45) is -1.44. The van der Waals surface area contributed by atoms with Gasteiger partial charge in [0, 0.05) is 18.9 Å². The number of esters is 3. The number of amides is 2. The Morgan fingerprint density at radius 3 is 2.04 bits per heavy atom. The molecule has 2 heterocycles. The molecule has 0 bridgehead atoms. The van der Waals surface area contributed by atoms with Gasteiger partial charge in [0.15, 0.2) is 17.7 Å². The summed E-state index contributed by atoms with van der Waals surface area (Å²) in [7, 11) is -0.831. The maximum Gasteiger partial charge on any atom is 0.334 e. The minimum Gasteiger partial charge on any atom is -0.466 e. The van der Waals surface area contributed by atoms with Gasteiger partial charge in [-0.3, -0.25) is 18.6 Å². The van der Waals surface area contributed by atoms with Crippen molar-refractivity contribution in [1.29, 1.82) is 0 Å². The van der Waals surface area contributed by atoms with Gasteiger partial charge in [-0.05, 0) is 16.7 Å². The van der Waals surface area contributed by atoms with Gasteiger partial charge in [-0.15, -0.1) is 0 Å². The predicted octanol–water partition coefficient (Wildman–Crippen LogP) is 2.77. The Labute approximate surface area is 274 Å². The maximum absolute atomic E-state index is 14.4. The average molecular weight is 659 g/mol. The molecule has 12 heteroatoms. The van der Waals surface area contributed by atoms with Crippen LogP contribution in [0.4, 0.5) is 0 Å². The molecule has 0 radical (unpaired) electrons. The van der Waals surface area contributed by atoms with Gasteiger partial charge in [0.05, 0.1) is 30.1 Å². The SMILES string of the molecule is C=C(C[C@]1(OC(C)=O)CS(=O)[C@@H]2[C@H](NC(=O)Cc3ccccc3)C(=O)N2[C@H]1C(=O)OC(c1ccccc1)c1ccccc1)C(=O)OC. The predicted molar refractivity (Wildman–Crippen MR) is 171 cm³/mol. The van der Waals surface area contributed by atoms with Crippen molar-refractivity contribution in [3.05, 3.63) is 120 Å². The van der Waals surface area contributed by atoms with E-state index in [0.29, 0.717) is 16.7 Å². The summed E-state index contributed by atoms with van der Waals surface area (Å²) >= 11 is 0. The first-order chi connectivity index (χ1) is 22.5. The standard InChI is InChI=1S/C35H34N2O9S/c1-22(33(41)44-3)20-35(46-23(2)38)21-47(43)32-28(36-27(39)19-24-13-7-4-8-14-24)31(40)37(32)30(35)34(42)45-29(25-15-9-5-10-16-25)26-17-11-6-12-18-26/h4-18,28-30,32H,1,19-21H2,2-3H3,(H,36,39)/t28-,30+,32-,35+,47?/m1/s1. The number of methoxy groups -OCH3 is 1. The van der Waals surface area contributed by atoms with E-state index < -0.39 is 81.9 Å². The Morgan fingerprint density at radius 2 is 1.51 bits per heavy atom. The van der Waals surface area contributed by atoms with Crippen molar-refractivity contribution in [3.8, 4) is 0 Å². The van der Waals surface area contributed by atoms with Crippen LogP contribution in [0.25, 0.3) is 0 Å². The van der Waals surface area contributed by atoms with Crippen LogP contribution in [-0.4, -0.2) is 74.8 Å². The molecule has 1 N–H and O–H groups in total. The van der Waals surface area contributed by atoms with Crippen LogP contribution in [0.5, 0.6) is 0 Å². The number of β-lactam (4-membered cyclic amide) rings is 1. The van der Waals surface area contributed by atoms with Crippen molar-refractivity contribution >= 4 is 40.5 Å². The van der Waals surface area contributed by atoms with Gasteiger partial charge in [-0.1, -0.05) is 97.6 Å². The second-order valence-electron chi connectivity index (χ2n) is 11.3. The quantitative estimate of drug-likeness (QED) is 0.142. The molecule has 0 aromatic heterocycles. The molecule has 3 aromatic carbocycles. The minimum absolute atomic E-state index is 0.0262. The monoisotopic (exact) mass is 658 g/mol. The maximum atomic E-state index is 14.4. The van der Waals surface area contributed by atoms with Crippen molar-refractivity contribution in [2.75, 3.05) is 12.9 Å². The fourth-order valence-corrected chi connectivity index (χ4v) is 8.00. The van der Waals surface area contributed by atoms with E-state index in [-0.39, 0.29) is 12.0 Å². The topological polar surface area (TPSA) is 145 Å². The highest BCUT2D eigenvalue weighted by Gasteiger charge is 2.67. The van der Waals surface area contributed by atoms with E-state index in [0.717, 1.165) is 18.9 Å². The highest BCUT2D eigenvalue weighted by Crippen LogP contribution is 2.43. The Hall–Kier alpha value is -5.10. The van der Waals surface area contributed by atoms with Gasteiger partial charge in [0.25, 0.3) is 0 Å². The molecule has 244 valence electrons. The van der Waals surface area contributed by atoms with E-state index in [4.69, 9.17) is 14.2 Å². The van der Waals surface area contributed by atoms with Gasteiger partial charge in [-0.2, -0.15) is 0 Å². The zero-order valence-corrected chi connectivity index (χ0v) is 26.6. The molecule has 47 heavy (non-hydrogen) atoms. The van der Waals surface area contributed by atoms with E-state index in [1.807, 2.05) is 18.2 Å². The molecule has 3 aromatic rings. The largest absolute Gasteiger partial charge is 0.466 e. The lowest BCUT2D eigenvalue weighted by Gasteiger charge is -2.57. The number of carbonyl (C=O) groups is 5. The number of rotatable bonds is 11. The van der Waals surface area contributed by atoms with Gasteiger partial charge in [0.2, 0.25) is 11.8 Å². The number of hydrogen-bond donors (Lipinski definition) is 1. The molecule has 2 aliphatic heterocycles.